The lowest BCUT2D eigenvalue weighted by Gasteiger charge is -2.42. The first-order chi connectivity index (χ1) is 16.1. The molecule has 170 valence electrons. The standard InChI is InChI=1S/C27H22N2O4S/c1-26(2)21-10-4-5-11-22(21)29-15-14-18(16-27(26,29)31)19(17-28)8-7-13-24-25(30)20-9-3-6-12-23(20)34(24,32)33/h3-16,30-31H,1-2H3/b13-7+,19-8+. The van der Waals surface area contributed by atoms with E-state index in [0.717, 1.165) is 11.3 Å². The lowest BCUT2D eigenvalue weighted by molar-refractivity contribution is 0.0361. The van der Waals surface area contributed by atoms with Crippen molar-refractivity contribution in [3.63, 3.8) is 0 Å². The molecule has 0 aromatic heterocycles. The van der Waals surface area contributed by atoms with Gasteiger partial charge in [-0.2, -0.15) is 5.26 Å². The molecule has 5 rings (SSSR count). The highest BCUT2D eigenvalue weighted by Crippen LogP contribution is 2.53. The van der Waals surface area contributed by atoms with Gasteiger partial charge in [-0.05, 0) is 53.6 Å². The summed E-state index contributed by atoms with van der Waals surface area (Å²) in [5.74, 6) is -0.314. The second-order valence-corrected chi connectivity index (χ2v) is 10.8. The average Bonchev–Trinajstić information content (AvgIpc) is 3.13. The Kier molecular flexibility index (Phi) is 4.73. The Balaban J connectivity index is 1.50. The third-order valence-electron chi connectivity index (χ3n) is 6.78. The van der Waals surface area contributed by atoms with E-state index in [1.165, 1.54) is 24.3 Å². The molecule has 34 heavy (non-hydrogen) atoms. The largest absolute Gasteiger partial charge is 0.506 e. The molecule has 0 radical (unpaired) electrons. The number of nitriles is 1. The Morgan fingerprint density at radius 1 is 1.12 bits per heavy atom. The Bertz CT molecular complexity index is 1530. The fourth-order valence-corrected chi connectivity index (χ4v) is 6.37. The van der Waals surface area contributed by atoms with E-state index in [1.54, 1.807) is 41.5 Å². The Morgan fingerprint density at radius 3 is 2.56 bits per heavy atom. The van der Waals surface area contributed by atoms with Crippen LogP contribution in [0.3, 0.4) is 0 Å². The molecule has 0 aliphatic carbocycles. The number of para-hydroxylation sites is 1. The van der Waals surface area contributed by atoms with E-state index in [1.807, 2.05) is 38.1 Å². The van der Waals surface area contributed by atoms with Gasteiger partial charge in [-0.1, -0.05) is 50.3 Å². The van der Waals surface area contributed by atoms with Crippen molar-refractivity contribution in [1.29, 1.82) is 5.26 Å². The zero-order chi connectivity index (χ0) is 24.3. The second kappa shape index (κ2) is 7.32. The highest BCUT2D eigenvalue weighted by atomic mass is 32.2. The number of aliphatic hydroxyl groups excluding tert-OH is 1. The molecule has 0 saturated carbocycles. The number of anilines is 1. The number of benzene rings is 2. The molecule has 2 aromatic carbocycles. The van der Waals surface area contributed by atoms with E-state index in [-0.39, 0.29) is 26.7 Å². The maximum atomic E-state index is 12.8. The van der Waals surface area contributed by atoms with Crippen LogP contribution in [0.1, 0.15) is 25.0 Å². The van der Waals surface area contributed by atoms with Gasteiger partial charge in [0.25, 0.3) is 0 Å². The number of hydrogen-bond donors (Lipinski definition) is 2. The van der Waals surface area contributed by atoms with E-state index in [9.17, 15) is 23.9 Å². The number of allylic oxidation sites excluding steroid dienone is 6. The number of rotatable bonds is 3. The molecule has 0 fully saturated rings. The summed E-state index contributed by atoms with van der Waals surface area (Å²) < 4.78 is 25.5. The average molecular weight is 471 g/mol. The third kappa shape index (κ3) is 2.86. The lowest BCUT2D eigenvalue weighted by atomic mass is 9.76. The molecule has 3 aliphatic heterocycles. The molecule has 3 heterocycles. The SMILES string of the molecule is CC1(C)c2ccccc2N2C=CC(/C(C#N)=C/C=C/C3=C(O)c4ccccc4S3(=O)=O)=CC21O. The van der Waals surface area contributed by atoms with Crippen LogP contribution in [0.15, 0.2) is 106 Å². The molecular formula is C27H22N2O4S. The fraction of sp³-hybridized carbons (Fsp3) is 0.148. The minimum absolute atomic E-state index is 0.0555. The highest BCUT2D eigenvalue weighted by Gasteiger charge is 2.55. The molecule has 2 N–H and O–H groups in total. The van der Waals surface area contributed by atoms with E-state index >= 15 is 0 Å². The van der Waals surface area contributed by atoms with Gasteiger partial charge in [0.15, 0.2) is 5.72 Å². The van der Waals surface area contributed by atoms with Crippen molar-refractivity contribution in [2.45, 2.75) is 29.9 Å². The summed E-state index contributed by atoms with van der Waals surface area (Å²) in [6.45, 7) is 3.90. The highest BCUT2D eigenvalue weighted by molar-refractivity contribution is 7.96. The number of hydrogen-bond acceptors (Lipinski definition) is 6. The third-order valence-corrected chi connectivity index (χ3v) is 8.62. The molecule has 0 bridgehead atoms. The summed E-state index contributed by atoms with van der Waals surface area (Å²) in [7, 11) is -3.84. The first-order valence-corrected chi connectivity index (χ1v) is 12.2. The van der Waals surface area contributed by atoms with Crippen LogP contribution in [-0.4, -0.2) is 24.4 Å². The molecular weight excluding hydrogens is 448 g/mol. The molecule has 0 spiro atoms. The van der Waals surface area contributed by atoms with E-state index in [0.29, 0.717) is 5.57 Å². The summed E-state index contributed by atoms with van der Waals surface area (Å²) in [6, 6.07) is 16.2. The van der Waals surface area contributed by atoms with Gasteiger partial charge in [0.1, 0.15) is 10.7 Å². The van der Waals surface area contributed by atoms with Gasteiger partial charge < -0.3 is 15.1 Å². The minimum atomic E-state index is -3.84. The zero-order valence-corrected chi connectivity index (χ0v) is 19.4. The van der Waals surface area contributed by atoms with Gasteiger partial charge >= 0.3 is 0 Å². The van der Waals surface area contributed by atoms with Gasteiger partial charge in [0, 0.05) is 22.9 Å². The molecule has 6 nitrogen and oxygen atoms in total. The van der Waals surface area contributed by atoms with Crippen LogP contribution in [0.25, 0.3) is 5.76 Å². The maximum absolute atomic E-state index is 12.8. The van der Waals surface area contributed by atoms with Crippen molar-refractivity contribution in [2.75, 3.05) is 4.90 Å². The minimum Gasteiger partial charge on any atom is -0.506 e. The number of fused-ring (bicyclic) bond motifs is 4. The Morgan fingerprint density at radius 2 is 1.82 bits per heavy atom. The summed E-state index contributed by atoms with van der Waals surface area (Å²) >= 11 is 0. The van der Waals surface area contributed by atoms with Gasteiger partial charge in [-0.3, -0.25) is 0 Å². The Hall–Kier alpha value is -3.86. The molecule has 1 atom stereocenters. The molecule has 7 heteroatoms. The van der Waals surface area contributed by atoms with E-state index in [2.05, 4.69) is 6.07 Å². The summed E-state index contributed by atoms with van der Waals surface area (Å²) in [5, 5.41) is 31.9. The van der Waals surface area contributed by atoms with Gasteiger partial charge in [-0.25, -0.2) is 8.42 Å². The summed E-state index contributed by atoms with van der Waals surface area (Å²) in [5.41, 5.74) is 0.902. The molecule has 3 aliphatic rings. The molecule has 0 amide bonds. The maximum Gasteiger partial charge on any atom is 0.210 e. The van der Waals surface area contributed by atoms with Crippen LogP contribution in [-0.2, 0) is 15.3 Å². The van der Waals surface area contributed by atoms with Gasteiger partial charge in [-0.15, -0.1) is 0 Å². The zero-order valence-electron chi connectivity index (χ0n) is 18.6. The second-order valence-electron chi connectivity index (χ2n) is 8.92. The van der Waals surface area contributed by atoms with Crippen LogP contribution in [0.5, 0.6) is 0 Å². The van der Waals surface area contributed by atoms with Crippen molar-refractivity contribution in [3.05, 3.63) is 112 Å². The first-order valence-electron chi connectivity index (χ1n) is 10.7. The number of sulfone groups is 1. The van der Waals surface area contributed by atoms with E-state index < -0.39 is 21.0 Å². The quantitative estimate of drug-likeness (QED) is 0.500. The predicted molar refractivity (Wildman–Crippen MR) is 130 cm³/mol. The van der Waals surface area contributed by atoms with Crippen molar-refractivity contribution < 1.29 is 18.6 Å². The van der Waals surface area contributed by atoms with Crippen LogP contribution in [0.2, 0.25) is 0 Å². The predicted octanol–water partition coefficient (Wildman–Crippen LogP) is 4.65. The number of aliphatic hydroxyl groups is 2. The van der Waals surface area contributed by atoms with Crippen LogP contribution in [0, 0.1) is 11.3 Å². The monoisotopic (exact) mass is 470 g/mol. The van der Waals surface area contributed by atoms with Crippen LogP contribution < -0.4 is 4.90 Å². The molecule has 2 aromatic rings. The molecule has 1 unspecified atom stereocenters. The van der Waals surface area contributed by atoms with Crippen molar-refractivity contribution in [3.8, 4) is 6.07 Å². The first kappa shape index (κ1) is 22.0. The topological polar surface area (TPSA) is 102 Å². The lowest BCUT2D eigenvalue weighted by Crippen LogP contribution is -2.53. The summed E-state index contributed by atoms with van der Waals surface area (Å²) in [6.07, 6.45) is 9.34. The number of nitrogens with zero attached hydrogens (tertiary/aromatic N) is 2. The van der Waals surface area contributed by atoms with Gasteiger partial charge in [0.05, 0.1) is 16.5 Å². The van der Waals surface area contributed by atoms with Gasteiger partial charge in [0.2, 0.25) is 9.84 Å². The van der Waals surface area contributed by atoms with Crippen LogP contribution in [0.4, 0.5) is 5.69 Å². The molecule has 0 saturated heterocycles. The smallest absolute Gasteiger partial charge is 0.210 e. The van der Waals surface area contributed by atoms with Crippen LogP contribution >= 0.6 is 0 Å². The van der Waals surface area contributed by atoms with Crippen molar-refractivity contribution in [1.82, 2.24) is 0 Å². The van der Waals surface area contributed by atoms with E-state index in [4.69, 9.17) is 0 Å². The summed E-state index contributed by atoms with van der Waals surface area (Å²) in [4.78, 5) is 1.63. The fourth-order valence-electron chi connectivity index (χ4n) is 4.80. The normalized spacial score (nSPS) is 24.0. The Labute approximate surface area is 198 Å². The van der Waals surface area contributed by atoms with Crippen molar-refractivity contribution in [2.24, 2.45) is 0 Å². The van der Waals surface area contributed by atoms with Crippen molar-refractivity contribution >= 4 is 21.3 Å².